The average Bonchev–Trinajstić information content (AvgIpc) is 3.13. The lowest BCUT2D eigenvalue weighted by molar-refractivity contribution is -0.142. The minimum atomic E-state index is -1.09. The molecule has 0 unspecified atom stereocenters. The first-order valence-corrected chi connectivity index (χ1v) is 11.9. The van der Waals surface area contributed by atoms with Crippen LogP contribution >= 0.6 is 0 Å². The number of carboxylic acid groups (broad SMARTS) is 1. The summed E-state index contributed by atoms with van der Waals surface area (Å²) in [7, 11) is 0. The fourth-order valence-corrected chi connectivity index (χ4v) is 4.42. The predicted molar refractivity (Wildman–Crippen MR) is 130 cm³/mol. The largest absolute Gasteiger partial charge is 0.480 e. The van der Waals surface area contributed by atoms with E-state index in [1.807, 2.05) is 64.1 Å². The molecule has 0 saturated heterocycles. The van der Waals surface area contributed by atoms with Gasteiger partial charge in [-0.1, -0.05) is 82.6 Å². The fourth-order valence-electron chi connectivity index (χ4n) is 4.42. The third-order valence-corrected chi connectivity index (χ3v) is 6.43. The van der Waals surface area contributed by atoms with E-state index in [2.05, 4.69) is 22.8 Å². The first-order valence-electron chi connectivity index (χ1n) is 11.9. The molecule has 2 aromatic carbocycles. The minimum Gasteiger partial charge on any atom is -0.480 e. The van der Waals surface area contributed by atoms with Gasteiger partial charge >= 0.3 is 12.1 Å². The van der Waals surface area contributed by atoms with E-state index in [-0.39, 0.29) is 24.4 Å². The second-order valence-corrected chi connectivity index (χ2v) is 9.36. The first kappa shape index (κ1) is 25.3. The van der Waals surface area contributed by atoms with Gasteiger partial charge in [0.15, 0.2) is 0 Å². The van der Waals surface area contributed by atoms with Crippen LogP contribution in [0.25, 0.3) is 11.1 Å². The van der Waals surface area contributed by atoms with Crippen molar-refractivity contribution in [1.29, 1.82) is 0 Å². The summed E-state index contributed by atoms with van der Waals surface area (Å²) < 4.78 is 5.59. The standard InChI is InChI=1S/C27H34N2O5/c1-5-17(4)24(25(30)28-23(26(31)32)14-16(2)3)29-27(33)34-15-22-20-12-8-6-10-18(20)19-11-7-9-13-21(19)22/h6-13,16-17,22-24H,5,14-15H2,1-4H3,(H,28,30)(H,29,33)(H,31,32)/t17-,23+,24-/m0/s1. The molecule has 7 heteroatoms. The summed E-state index contributed by atoms with van der Waals surface area (Å²) in [5.74, 6) is -1.80. The van der Waals surface area contributed by atoms with Crippen molar-refractivity contribution in [3.8, 4) is 11.1 Å². The van der Waals surface area contributed by atoms with Crippen molar-refractivity contribution < 1.29 is 24.2 Å². The van der Waals surface area contributed by atoms with Crippen molar-refractivity contribution >= 4 is 18.0 Å². The van der Waals surface area contributed by atoms with Gasteiger partial charge in [-0.2, -0.15) is 0 Å². The van der Waals surface area contributed by atoms with E-state index in [4.69, 9.17) is 4.74 Å². The third kappa shape index (κ3) is 5.76. The fraction of sp³-hybridized carbons (Fsp3) is 0.444. The van der Waals surface area contributed by atoms with Crippen LogP contribution in [-0.2, 0) is 14.3 Å². The van der Waals surface area contributed by atoms with Gasteiger partial charge in [0.2, 0.25) is 5.91 Å². The summed E-state index contributed by atoms with van der Waals surface area (Å²) in [6.45, 7) is 7.67. The number of carboxylic acids is 1. The van der Waals surface area contributed by atoms with Crippen LogP contribution < -0.4 is 10.6 Å². The lowest BCUT2D eigenvalue weighted by Gasteiger charge is -2.26. The van der Waals surface area contributed by atoms with Crippen molar-refractivity contribution in [2.75, 3.05) is 6.61 Å². The van der Waals surface area contributed by atoms with Crippen molar-refractivity contribution in [1.82, 2.24) is 10.6 Å². The van der Waals surface area contributed by atoms with Gasteiger partial charge < -0.3 is 20.5 Å². The number of fused-ring (bicyclic) bond motifs is 3. The molecule has 0 aliphatic heterocycles. The van der Waals surface area contributed by atoms with Crippen molar-refractivity contribution in [3.63, 3.8) is 0 Å². The molecule has 3 N–H and O–H groups in total. The van der Waals surface area contributed by atoms with E-state index in [1.165, 1.54) is 0 Å². The topological polar surface area (TPSA) is 105 Å². The van der Waals surface area contributed by atoms with Gasteiger partial charge in [0.25, 0.3) is 0 Å². The Morgan fingerprint density at radius 3 is 2.00 bits per heavy atom. The Hall–Kier alpha value is -3.35. The first-order chi connectivity index (χ1) is 16.2. The van der Waals surface area contributed by atoms with Gasteiger partial charge in [0.1, 0.15) is 18.7 Å². The average molecular weight is 467 g/mol. The highest BCUT2D eigenvalue weighted by molar-refractivity contribution is 5.89. The van der Waals surface area contributed by atoms with Crippen LogP contribution in [0.3, 0.4) is 0 Å². The van der Waals surface area contributed by atoms with Gasteiger partial charge in [0, 0.05) is 5.92 Å². The van der Waals surface area contributed by atoms with E-state index in [1.54, 1.807) is 0 Å². The number of hydrogen-bond donors (Lipinski definition) is 3. The summed E-state index contributed by atoms with van der Waals surface area (Å²) in [5, 5.41) is 14.7. The number of benzene rings is 2. The summed E-state index contributed by atoms with van der Waals surface area (Å²) in [5.41, 5.74) is 4.47. The number of carbonyl (C=O) groups excluding carboxylic acids is 2. The Labute approximate surface area is 200 Å². The molecule has 0 radical (unpaired) electrons. The third-order valence-electron chi connectivity index (χ3n) is 6.43. The summed E-state index contributed by atoms with van der Waals surface area (Å²) >= 11 is 0. The van der Waals surface area contributed by atoms with E-state index in [9.17, 15) is 19.5 Å². The molecule has 2 amide bonds. The Kier molecular flexibility index (Phi) is 8.31. The predicted octanol–water partition coefficient (Wildman–Crippen LogP) is 4.56. The van der Waals surface area contributed by atoms with Gasteiger partial charge in [0.05, 0.1) is 0 Å². The van der Waals surface area contributed by atoms with E-state index in [0.717, 1.165) is 22.3 Å². The summed E-state index contributed by atoms with van der Waals surface area (Å²) in [4.78, 5) is 37.2. The molecule has 0 aromatic heterocycles. The smallest absolute Gasteiger partial charge is 0.407 e. The molecule has 2 aromatic rings. The highest BCUT2D eigenvalue weighted by Crippen LogP contribution is 2.44. The molecular weight excluding hydrogens is 432 g/mol. The van der Waals surface area contributed by atoms with E-state index in [0.29, 0.717) is 12.8 Å². The zero-order valence-electron chi connectivity index (χ0n) is 20.2. The van der Waals surface area contributed by atoms with Crippen LogP contribution in [0.4, 0.5) is 4.79 Å². The lowest BCUT2D eigenvalue weighted by atomic mass is 9.97. The van der Waals surface area contributed by atoms with Crippen LogP contribution in [0.5, 0.6) is 0 Å². The highest BCUT2D eigenvalue weighted by Gasteiger charge is 2.32. The van der Waals surface area contributed by atoms with Crippen LogP contribution in [0, 0.1) is 11.8 Å². The zero-order chi connectivity index (χ0) is 24.8. The summed E-state index contributed by atoms with van der Waals surface area (Å²) in [6.07, 6.45) is 0.237. The number of nitrogens with one attached hydrogen (secondary N) is 2. The maximum absolute atomic E-state index is 12.9. The van der Waals surface area contributed by atoms with Gasteiger partial charge in [-0.3, -0.25) is 4.79 Å². The molecule has 0 bridgehead atoms. The molecule has 1 aliphatic rings. The maximum atomic E-state index is 12.9. The molecule has 1 aliphatic carbocycles. The molecule has 0 spiro atoms. The lowest BCUT2D eigenvalue weighted by Crippen LogP contribution is -2.54. The van der Waals surface area contributed by atoms with Crippen LogP contribution in [0.2, 0.25) is 0 Å². The monoisotopic (exact) mass is 466 g/mol. The van der Waals surface area contributed by atoms with E-state index >= 15 is 0 Å². The molecule has 182 valence electrons. The molecule has 0 heterocycles. The SMILES string of the molecule is CC[C@H](C)[C@H](NC(=O)OCC1c2ccccc2-c2ccccc21)C(=O)N[C@H](CC(C)C)C(=O)O. The number of ether oxygens (including phenoxy) is 1. The molecule has 3 rings (SSSR count). The normalized spacial score (nSPS) is 15.1. The van der Waals surface area contributed by atoms with Gasteiger partial charge in [-0.15, -0.1) is 0 Å². The molecule has 0 fully saturated rings. The number of amides is 2. The molecule has 34 heavy (non-hydrogen) atoms. The Morgan fingerprint density at radius 1 is 0.941 bits per heavy atom. The molecular formula is C27H34N2O5. The van der Waals surface area contributed by atoms with E-state index < -0.39 is 30.1 Å². The Balaban J connectivity index is 1.68. The van der Waals surface area contributed by atoms with Gasteiger partial charge in [-0.25, -0.2) is 9.59 Å². The molecule has 0 saturated carbocycles. The van der Waals surface area contributed by atoms with Crippen molar-refractivity contribution in [3.05, 3.63) is 59.7 Å². The van der Waals surface area contributed by atoms with Crippen molar-refractivity contribution in [2.45, 2.75) is 58.5 Å². The zero-order valence-corrected chi connectivity index (χ0v) is 20.2. The molecule has 7 nitrogen and oxygen atoms in total. The van der Waals surface area contributed by atoms with Crippen LogP contribution in [0.1, 0.15) is 57.6 Å². The molecule has 3 atom stereocenters. The minimum absolute atomic E-state index is 0.0866. The summed E-state index contributed by atoms with van der Waals surface area (Å²) in [6, 6.07) is 14.2. The number of hydrogen-bond acceptors (Lipinski definition) is 4. The maximum Gasteiger partial charge on any atom is 0.407 e. The Bertz CT molecular complexity index is 990. The highest BCUT2D eigenvalue weighted by atomic mass is 16.5. The second-order valence-electron chi connectivity index (χ2n) is 9.36. The Morgan fingerprint density at radius 2 is 1.50 bits per heavy atom. The number of rotatable bonds is 10. The van der Waals surface area contributed by atoms with Crippen LogP contribution in [-0.4, -0.2) is 41.8 Å². The quantitative estimate of drug-likeness (QED) is 0.476. The number of alkyl carbamates (subject to hydrolysis) is 1. The van der Waals surface area contributed by atoms with Gasteiger partial charge in [-0.05, 0) is 40.5 Å². The number of aliphatic carboxylic acids is 1. The number of carbonyl (C=O) groups is 3. The van der Waals surface area contributed by atoms with Crippen LogP contribution in [0.15, 0.2) is 48.5 Å². The second kappa shape index (κ2) is 11.2. The van der Waals surface area contributed by atoms with Crippen molar-refractivity contribution in [2.24, 2.45) is 11.8 Å².